The van der Waals surface area contributed by atoms with Gasteiger partial charge in [-0.2, -0.15) is 0 Å². The smallest absolute Gasteiger partial charge is 0.191 e. The lowest BCUT2D eigenvalue weighted by Gasteiger charge is -1.97. The Hall–Kier alpha value is -1.16. The molecule has 4 heteroatoms. The highest BCUT2D eigenvalue weighted by Gasteiger charge is 2.06. The van der Waals surface area contributed by atoms with E-state index >= 15 is 0 Å². The highest BCUT2D eigenvalue weighted by Crippen LogP contribution is 2.24. The standard InChI is InChI=1S/C10H7BrFNO/c1-6-13-5-10(14-6)7-2-8(11)4-9(12)3-7/h2-5H,1H3. The number of nitrogens with zero attached hydrogens (tertiary/aromatic N) is 1. The zero-order valence-electron chi connectivity index (χ0n) is 7.42. The normalized spacial score (nSPS) is 10.5. The number of hydrogen-bond donors (Lipinski definition) is 0. The average molecular weight is 256 g/mol. The molecule has 1 heterocycles. The lowest BCUT2D eigenvalue weighted by atomic mass is 10.2. The van der Waals surface area contributed by atoms with Gasteiger partial charge in [0.1, 0.15) is 5.82 Å². The van der Waals surface area contributed by atoms with Crippen LogP contribution in [0.25, 0.3) is 11.3 Å². The maximum atomic E-state index is 13.0. The number of aromatic nitrogens is 1. The van der Waals surface area contributed by atoms with Crippen molar-refractivity contribution >= 4 is 15.9 Å². The number of benzene rings is 1. The van der Waals surface area contributed by atoms with Crippen molar-refractivity contribution in [3.63, 3.8) is 0 Å². The van der Waals surface area contributed by atoms with E-state index in [9.17, 15) is 4.39 Å². The van der Waals surface area contributed by atoms with Gasteiger partial charge in [0.15, 0.2) is 11.7 Å². The Bertz CT molecular complexity index is 447. The third-order valence-corrected chi connectivity index (χ3v) is 2.23. The summed E-state index contributed by atoms with van der Waals surface area (Å²) in [6, 6.07) is 4.58. The summed E-state index contributed by atoms with van der Waals surface area (Å²) in [5.74, 6) is 0.839. The molecule has 2 rings (SSSR count). The molecule has 0 N–H and O–H groups in total. The van der Waals surface area contributed by atoms with E-state index in [4.69, 9.17) is 4.42 Å². The van der Waals surface area contributed by atoms with Crippen LogP contribution in [0.5, 0.6) is 0 Å². The Morgan fingerprint density at radius 1 is 1.36 bits per heavy atom. The first-order valence-electron chi connectivity index (χ1n) is 4.04. The summed E-state index contributed by atoms with van der Waals surface area (Å²) in [5.41, 5.74) is 0.678. The van der Waals surface area contributed by atoms with Crippen LogP contribution in [0.15, 0.2) is 33.3 Å². The van der Waals surface area contributed by atoms with Crippen LogP contribution < -0.4 is 0 Å². The molecule has 0 atom stereocenters. The highest BCUT2D eigenvalue weighted by atomic mass is 79.9. The van der Waals surface area contributed by atoms with Gasteiger partial charge >= 0.3 is 0 Å². The van der Waals surface area contributed by atoms with E-state index in [-0.39, 0.29) is 5.82 Å². The predicted octanol–water partition coefficient (Wildman–Crippen LogP) is 3.55. The van der Waals surface area contributed by atoms with E-state index in [1.165, 1.54) is 12.1 Å². The summed E-state index contributed by atoms with van der Waals surface area (Å²) in [4.78, 5) is 3.95. The molecule has 0 radical (unpaired) electrons. The maximum absolute atomic E-state index is 13.0. The molecule has 2 aromatic rings. The van der Waals surface area contributed by atoms with Crippen molar-refractivity contribution in [2.45, 2.75) is 6.92 Å². The topological polar surface area (TPSA) is 26.0 Å². The van der Waals surface area contributed by atoms with Crippen molar-refractivity contribution < 1.29 is 8.81 Å². The summed E-state index contributed by atoms with van der Waals surface area (Å²) in [6.07, 6.45) is 1.58. The van der Waals surface area contributed by atoms with Gasteiger partial charge < -0.3 is 4.42 Å². The summed E-state index contributed by atoms with van der Waals surface area (Å²) < 4.78 is 19.0. The first kappa shape index (κ1) is 9.40. The summed E-state index contributed by atoms with van der Waals surface area (Å²) >= 11 is 3.21. The second-order valence-corrected chi connectivity index (χ2v) is 3.82. The quantitative estimate of drug-likeness (QED) is 0.779. The molecule has 0 fully saturated rings. The van der Waals surface area contributed by atoms with Gasteiger partial charge in [-0.25, -0.2) is 9.37 Å². The molecule has 0 aliphatic carbocycles. The van der Waals surface area contributed by atoms with Crippen LogP contribution in [0.4, 0.5) is 4.39 Å². The Kier molecular flexibility index (Phi) is 2.37. The zero-order valence-corrected chi connectivity index (χ0v) is 9.01. The van der Waals surface area contributed by atoms with E-state index in [1.54, 1.807) is 19.2 Å². The van der Waals surface area contributed by atoms with Crippen molar-refractivity contribution in [3.05, 3.63) is 40.6 Å². The number of oxazole rings is 1. The lowest BCUT2D eigenvalue weighted by molar-refractivity contribution is 0.533. The molecular formula is C10H7BrFNO. The summed E-state index contributed by atoms with van der Waals surface area (Å²) in [7, 11) is 0. The van der Waals surface area contributed by atoms with E-state index in [1.807, 2.05) is 0 Å². The van der Waals surface area contributed by atoms with Gasteiger partial charge in [0.25, 0.3) is 0 Å². The highest BCUT2D eigenvalue weighted by molar-refractivity contribution is 9.10. The fraction of sp³-hybridized carbons (Fsp3) is 0.100. The second-order valence-electron chi connectivity index (χ2n) is 2.90. The maximum Gasteiger partial charge on any atom is 0.191 e. The molecule has 0 aliphatic heterocycles. The lowest BCUT2D eigenvalue weighted by Crippen LogP contribution is -1.78. The Balaban J connectivity index is 2.51. The van der Waals surface area contributed by atoms with Crippen molar-refractivity contribution in [2.75, 3.05) is 0 Å². The number of hydrogen-bond acceptors (Lipinski definition) is 2. The second kappa shape index (κ2) is 3.53. The third kappa shape index (κ3) is 1.85. The van der Waals surface area contributed by atoms with Crippen molar-refractivity contribution in [3.8, 4) is 11.3 Å². The van der Waals surface area contributed by atoms with Crippen LogP contribution in [0.1, 0.15) is 5.89 Å². The molecule has 0 bridgehead atoms. The molecule has 14 heavy (non-hydrogen) atoms. The van der Waals surface area contributed by atoms with E-state index in [0.717, 1.165) is 0 Å². The van der Waals surface area contributed by atoms with Gasteiger partial charge in [-0.15, -0.1) is 0 Å². The Morgan fingerprint density at radius 2 is 2.14 bits per heavy atom. The Labute approximate surface area is 88.9 Å². The van der Waals surface area contributed by atoms with Gasteiger partial charge in [-0.3, -0.25) is 0 Å². The van der Waals surface area contributed by atoms with Gasteiger partial charge in [0.05, 0.1) is 6.20 Å². The van der Waals surface area contributed by atoms with Crippen molar-refractivity contribution in [1.29, 1.82) is 0 Å². The number of halogens is 2. The van der Waals surface area contributed by atoms with Crippen molar-refractivity contribution in [1.82, 2.24) is 4.98 Å². The number of aryl methyl sites for hydroxylation is 1. The van der Waals surface area contributed by atoms with E-state index in [2.05, 4.69) is 20.9 Å². The van der Waals surface area contributed by atoms with Crippen molar-refractivity contribution in [2.24, 2.45) is 0 Å². The third-order valence-electron chi connectivity index (χ3n) is 1.77. The molecule has 1 aromatic carbocycles. The Morgan fingerprint density at radius 3 is 2.71 bits per heavy atom. The minimum absolute atomic E-state index is 0.302. The first-order chi connectivity index (χ1) is 6.65. The number of rotatable bonds is 1. The average Bonchev–Trinajstić information content (AvgIpc) is 2.50. The van der Waals surface area contributed by atoms with Crippen LogP contribution in [0.3, 0.4) is 0 Å². The van der Waals surface area contributed by atoms with Crippen LogP contribution in [-0.4, -0.2) is 4.98 Å². The molecule has 0 spiro atoms. The van der Waals surface area contributed by atoms with Gasteiger partial charge in [0.2, 0.25) is 0 Å². The first-order valence-corrected chi connectivity index (χ1v) is 4.83. The fourth-order valence-electron chi connectivity index (χ4n) is 1.19. The molecule has 1 aromatic heterocycles. The monoisotopic (exact) mass is 255 g/mol. The van der Waals surface area contributed by atoms with Gasteiger partial charge in [-0.05, 0) is 18.2 Å². The zero-order chi connectivity index (χ0) is 10.1. The predicted molar refractivity (Wildman–Crippen MR) is 54.3 cm³/mol. The molecule has 0 saturated carbocycles. The van der Waals surface area contributed by atoms with Crippen LogP contribution >= 0.6 is 15.9 Å². The largest absolute Gasteiger partial charge is 0.441 e. The molecular weight excluding hydrogens is 249 g/mol. The minimum Gasteiger partial charge on any atom is -0.441 e. The summed E-state index contributed by atoms with van der Waals surface area (Å²) in [5, 5.41) is 0. The van der Waals surface area contributed by atoms with E-state index in [0.29, 0.717) is 21.7 Å². The molecule has 0 unspecified atom stereocenters. The van der Waals surface area contributed by atoms with E-state index < -0.39 is 0 Å². The van der Waals surface area contributed by atoms with Crippen LogP contribution in [-0.2, 0) is 0 Å². The van der Waals surface area contributed by atoms with Gasteiger partial charge in [-0.1, -0.05) is 15.9 Å². The van der Waals surface area contributed by atoms with Gasteiger partial charge in [0, 0.05) is 17.0 Å². The summed E-state index contributed by atoms with van der Waals surface area (Å²) in [6.45, 7) is 1.75. The van der Waals surface area contributed by atoms with Crippen LogP contribution in [0.2, 0.25) is 0 Å². The molecule has 0 amide bonds. The minimum atomic E-state index is -0.302. The van der Waals surface area contributed by atoms with Crippen LogP contribution in [0, 0.1) is 12.7 Å². The fourth-order valence-corrected chi connectivity index (χ4v) is 1.66. The molecule has 72 valence electrons. The molecule has 0 saturated heterocycles. The SMILES string of the molecule is Cc1ncc(-c2cc(F)cc(Br)c2)o1. The molecule has 0 aliphatic rings. The molecule has 2 nitrogen and oxygen atoms in total.